The largest absolute Gasteiger partial charge is 0.383 e. The van der Waals surface area contributed by atoms with Crippen molar-refractivity contribution in [3.63, 3.8) is 0 Å². The second-order valence-electron chi connectivity index (χ2n) is 7.70. The number of aromatic nitrogens is 2. The predicted octanol–water partition coefficient (Wildman–Crippen LogP) is 3.54. The summed E-state index contributed by atoms with van der Waals surface area (Å²) in [4.78, 5) is 11.7. The van der Waals surface area contributed by atoms with E-state index >= 15 is 0 Å². The molecule has 1 aliphatic rings. The Labute approximate surface area is 129 Å². The van der Waals surface area contributed by atoms with E-state index in [9.17, 15) is 0 Å². The van der Waals surface area contributed by atoms with Crippen LogP contribution in [0.3, 0.4) is 0 Å². The lowest BCUT2D eigenvalue weighted by molar-refractivity contribution is 0.310. The SMILES string of the molecule is Cc1c(N)nc(C(C)(C)C)nc1N1CCC(C(C)C)CC1. The van der Waals surface area contributed by atoms with E-state index in [-0.39, 0.29) is 5.41 Å². The van der Waals surface area contributed by atoms with Crippen LogP contribution in [0.25, 0.3) is 0 Å². The zero-order valence-corrected chi connectivity index (χ0v) is 14.4. The first-order chi connectivity index (χ1) is 9.70. The maximum atomic E-state index is 6.12. The third-order valence-electron chi connectivity index (χ3n) is 4.61. The van der Waals surface area contributed by atoms with Crippen LogP contribution in [0, 0.1) is 18.8 Å². The van der Waals surface area contributed by atoms with E-state index in [0.717, 1.165) is 42.1 Å². The fourth-order valence-corrected chi connectivity index (χ4v) is 2.94. The van der Waals surface area contributed by atoms with Crippen LogP contribution in [0.1, 0.15) is 58.8 Å². The van der Waals surface area contributed by atoms with Crippen molar-refractivity contribution in [3.05, 3.63) is 11.4 Å². The topological polar surface area (TPSA) is 55.0 Å². The van der Waals surface area contributed by atoms with Crippen molar-refractivity contribution in [2.75, 3.05) is 23.7 Å². The van der Waals surface area contributed by atoms with Crippen LogP contribution < -0.4 is 10.6 Å². The average Bonchev–Trinajstić information content (AvgIpc) is 2.40. The smallest absolute Gasteiger partial charge is 0.138 e. The molecule has 1 aliphatic heterocycles. The van der Waals surface area contributed by atoms with Gasteiger partial charge in [-0.15, -0.1) is 0 Å². The molecule has 4 nitrogen and oxygen atoms in total. The number of nitrogen functional groups attached to an aromatic ring is 1. The maximum absolute atomic E-state index is 6.12. The molecular weight excluding hydrogens is 260 g/mol. The van der Waals surface area contributed by atoms with E-state index in [2.05, 4.69) is 44.5 Å². The molecule has 1 saturated heterocycles. The van der Waals surface area contributed by atoms with Crippen LogP contribution in [-0.2, 0) is 5.41 Å². The molecular formula is C17H30N4. The molecule has 0 bridgehead atoms. The molecule has 21 heavy (non-hydrogen) atoms. The van der Waals surface area contributed by atoms with E-state index in [0.29, 0.717) is 5.82 Å². The van der Waals surface area contributed by atoms with Gasteiger partial charge in [0, 0.05) is 24.1 Å². The lowest BCUT2D eigenvalue weighted by Gasteiger charge is -2.36. The summed E-state index contributed by atoms with van der Waals surface area (Å²) in [6.45, 7) is 15.2. The monoisotopic (exact) mass is 290 g/mol. The third kappa shape index (κ3) is 3.47. The molecule has 0 aliphatic carbocycles. The van der Waals surface area contributed by atoms with Crippen molar-refractivity contribution in [1.29, 1.82) is 0 Å². The Morgan fingerprint density at radius 2 is 1.71 bits per heavy atom. The normalized spacial score (nSPS) is 17.6. The summed E-state index contributed by atoms with van der Waals surface area (Å²) in [6.07, 6.45) is 2.48. The Kier molecular flexibility index (Phi) is 4.45. The Balaban J connectivity index is 2.26. The minimum absolute atomic E-state index is 0.0766. The van der Waals surface area contributed by atoms with Gasteiger partial charge >= 0.3 is 0 Å². The number of nitrogens with two attached hydrogens (primary N) is 1. The molecule has 0 saturated carbocycles. The molecule has 1 aromatic rings. The Morgan fingerprint density at radius 1 is 1.14 bits per heavy atom. The summed E-state index contributed by atoms with van der Waals surface area (Å²) >= 11 is 0. The first kappa shape index (κ1) is 16.1. The average molecular weight is 290 g/mol. The summed E-state index contributed by atoms with van der Waals surface area (Å²) in [6, 6.07) is 0. The summed E-state index contributed by atoms with van der Waals surface area (Å²) in [7, 11) is 0. The van der Waals surface area contributed by atoms with E-state index in [1.165, 1.54) is 12.8 Å². The summed E-state index contributed by atoms with van der Waals surface area (Å²) in [5, 5.41) is 0. The third-order valence-corrected chi connectivity index (χ3v) is 4.61. The highest BCUT2D eigenvalue weighted by atomic mass is 15.2. The quantitative estimate of drug-likeness (QED) is 0.905. The molecule has 0 atom stereocenters. The van der Waals surface area contributed by atoms with Crippen LogP contribution in [-0.4, -0.2) is 23.1 Å². The van der Waals surface area contributed by atoms with Gasteiger partial charge in [-0.05, 0) is 31.6 Å². The van der Waals surface area contributed by atoms with Crippen molar-refractivity contribution in [2.45, 2.75) is 59.8 Å². The van der Waals surface area contributed by atoms with Gasteiger partial charge in [0.25, 0.3) is 0 Å². The minimum atomic E-state index is -0.0766. The van der Waals surface area contributed by atoms with E-state index < -0.39 is 0 Å². The van der Waals surface area contributed by atoms with Gasteiger partial charge in [0.1, 0.15) is 17.5 Å². The fourth-order valence-electron chi connectivity index (χ4n) is 2.94. The molecule has 4 heteroatoms. The van der Waals surface area contributed by atoms with Crippen LogP contribution in [0.2, 0.25) is 0 Å². The predicted molar refractivity (Wildman–Crippen MR) is 89.7 cm³/mol. The van der Waals surface area contributed by atoms with Gasteiger partial charge in [-0.25, -0.2) is 9.97 Å². The molecule has 2 N–H and O–H groups in total. The van der Waals surface area contributed by atoms with Crippen molar-refractivity contribution >= 4 is 11.6 Å². The zero-order valence-electron chi connectivity index (χ0n) is 14.4. The zero-order chi connectivity index (χ0) is 15.8. The minimum Gasteiger partial charge on any atom is -0.383 e. The summed E-state index contributed by atoms with van der Waals surface area (Å²) in [5.74, 6) is 4.11. The Hall–Kier alpha value is -1.32. The van der Waals surface area contributed by atoms with Crippen LogP contribution in [0.15, 0.2) is 0 Å². The first-order valence-corrected chi connectivity index (χ1v) is 8.09. The van der Waals surface area contributed by atoms with Crippen molar-refractivity contribution in [1.82, 2.24) is 9.97 Å². The highest BCUT2D eigenvalue weighted by Crippen LogP contribution is 2.31. The summed E-state index contributed by atoms with van der Waals surface area (Å²) < 4.78 is 0. The van der Waals surface area contributed by atoms with E-state index in [1.54, 1.807) is 0 Å². The molecule has 0 unspecified atom stereocenters. The molecule has 0 aromatic carbocycles. The van der Waals surface area contributed by atoms with Gasteiger partial charge in [-0.3, -0.25) is 0 Å². The van der Waals surface area contributed by atoms with Crippen LogP contribution in [0.5, 0.6) is 0 Å². The maximum Gasteiger partial charge on any atom is 0.138 e. The van der Waals surface area contributed by atoms with Crippen LogP contribution in [0.4, 0.5) is 11.6 Å². The van der Waals surface area contributed by atoms with Gasteiger partial charge in [0.15, 0.2) is 0 Å². The number of piperidine rings is 1. The standard InChI is InChI=1S/C17H30N4/c1-11(2)13-7-9-21(10-8-13)15-12(3)14(18)19-16(20-15)17(4,5)6/h11,13H,7-10H2,1-6H3,(H2,18,19,20). The van der Waals surface area contributed by atoms with Gasteiger partial charge in [-0.2, -0.15) is 0 Å². The number of hydrogen-bond acceptors (Lipinski definition) is 4. The van der Waals surface area contributed by atoms with Crippen molar-refractivity contribution in [3.8, 4) is 0 Å². The first-order valence-electron chi connectivity index (χ1n) is 8.09. The second kappa shape index (κ2) is 5.82. The number of anilines is 2. The number of hydrogen-bond donors (Lipinski definition) is 1. The summed E-state index contributed by atoms with van der Waals surface area (Å²) in [5.41, 5.74) is 7.07. The molecule has 2 heterocycles. The van der Waals surface area contributed by atoms with Crippen molar-refractivity contribution in [2.24, 2.45) is 11.8 Å². The van der Waals surface area contributed by atoms with E-state index in [1.807, 2.05) is 6.92 Å². The fraction of sp³-hybridized carbons (Fsp3) is 0.765. The molecule has 0 spiro atoms. The highest BCUT2D eigenvalue weighted by molar-refractivity contribution is 5.57. The van der Waals surface area contributed by atoms with Gasteiger partial charge in [-0.1, -0.05) is 34.6 Å². The molecule has 1 fully saturated rings. The van der Waals surface area contributed by atoms with Crippen molar-refractivity contribution < 1.29 is 0 Å². The van der Waals surface area contributed by atoms with Gasteiger partial charge in [0.2, 0.25) is 0 Å². The molecule has 118 valence electrons. The van der Waals surface area contributed by atoms with Crippen LogP contribution >= 0.6 is 0 Å². The molecule has 2 rings (SSSR count). The molecule has 0 radical (unpaired) electrons. The Bertz CT molecular complexity index is 494. The lowest BCUT2D eigenvalue weighted by Crippen LogP contribution is -2.37. The second-order valence-corrected chi connectivity index (χ2v) is 7.70. The Morgan fingerprint density at radius 3 is 2.19 bits per heavy atom. The lowest BCUT2D eigenvalue weighted by atomic mass is 9.86. The van der Waals surface area contributed by atoms with E-state index in [4.69, 9.17) is 10.7 Å². The molecule has 1 aromatic heterocycles. The van der Waals surface area contributed by atoms with Gasteiger partial charge in [0.05, 0.1) is 0 Å². The highest BCUT2D eigenvalue weighted by Gasteiger charge is 2.26. The molecule has 0 amide bonds. The van der Waals surface area contributed by atoms with Gasteiger partial charge < -0.3 is 10.6 Å². The number of nitrogens with zero attached hydrogens (tertiary/aromatic N) is 3. The number of rotatable bonds is 2.